The molecule has 0 bridgehead atoms. The van der Waals surface area contributed by atoms with Crippen molar-refractivity contribution < 1.29 is 40.9 Å². The maximum Gasteiger partial charge on any atom is 0.0897 e. The van der Waals surface area contributed by atoms with Crippen LogP contribution in [0.4, 0.5) is 0 Å². The highest BCUT2D eigenvalue weighted by atomic mass is 16.3. The highest BCUT2D eigenvalue weighted by molar-refractivity contribution is 4.86. The summed E-state index contributed by atoms with van der Waals surface area (Å²) in [5.74, 6) is 1.28. The van der Waals surface area contributed by atoms with Gasteiger partial charge in [0.2, 0.25) is 0 Å². The van der Waals surface area contributed by atoms with Crippen molar-refractivity contribution in [2.45, 2.75) is 94.3 Å². The molecule has 0 amide bonds. The number of rotatable bonds is 16. The number of aliphatic hydroxyl groups is 8. The maximum absolute atomic E-state index is 9.91. The van der Waals surface area contributed by atoms with Crippen molar-refractivity contribution in [2.75, 3.05) is 52.6 Å². The second-order valence-corrected chi connectivity index (χ2v) is 10.8. The molecular weight excluding hydrogens is 456 g/mol. The average Bonchev–Trinajstić information content (AvgIpc) is 2.88. The second kappa shape index (κ2) is 16.4. The molecule has 2 aliphatic rings. The first-order valence-corrected chi connectivity index (χ1v) is 13.4. The molecule has 2 aliphatic carbocycles. The third-order valence-corrected chi connectivity index (χ3v) is 7.96. The van der Waals surface area contributed by atoms with Crippen LogP contribution in [0.15, 0.2) is 0 Å². The summed E-state index contributed by atoms with van der Waals surface area (Å²) in [4.78, 5) is 4.03. The first-order chi connectivity index (χ1) is 16.8. The quantitative estimate of drug-likeness (QED) is 0.123. The van der Waals surface area contributed by atoms with Crippen molar-refractivity contribution in [1.29, 1.82) is 0 Å². The van der Waals surface area contributed by atoms with Gasteiger partial charge in [-0.3, -0.25) is 9.80 Å². The summed E-state index contributed by atoms with van der Waals surface area (Å²) in [6.07, 6.45) is 6.00. The molecule has 2 fully saturated rings. The van der Waals surface area contributed by atoms with Gasteiger partial charge in [-0.15, -0.1) is 0 Å². The van der Waals surface area contributed by atoms with E-state index in [0.29, 0.717) is 38.0 Å². The van der Waals surface area contributed by atoms with E-state index in [2.05, 4.69) is 0 Å². The maximum atomic E-state index is 9.91. The van der Waals surface area contributed by atoms with E-state index in [-0.39, 0.29) is 38.5 Å². The summed E-state index contributed by atoms with van der Waals surface area (Å²) in [6, 6.07) is 0.461. The molecular formula is C25H50N2O8. The summed E-state index contributed by atoms with van der Waals surface area (Å²) in [7, 11) is 0. The minimum absolute atomic E-state index is 0.230. The van der Waals surface area contributed by atoms with Crippen LogP contribution in [-0.4, -0.2) is 140 Å². The lowest BCUT2D eigenvalue weighted by molar-refractivity contribution is -0.00676. The molecule has 10 heteroatoms. The summed E-state index contributed by atoms with van der Waals surface area (Å²) in [5.41, 5.74) is 0. The largest absolute Gasteiger partial charge is 0.394 e. The zero-order valence-corrected chi connectivity index (χ0v) is 21.1. The Bertz CT molecular complexity index is 474. The fourth-order valence-electron chi connectivity index (χ4n) is 6.02. The van der Waals surface area contributed by atoms with Crippen LogP contribution in [-0.2, 0) is 0 Å². The van der Waals surface area contributed by atoms with Crippen LogP contribution < -0.4 is 0 Å². The van der Waals surface area contributed by atoms with Crippen molar-refractivity contribution in [3.05, 3.63) is 0 Å². The summed E-state index contributed by atoms with van der Waals surface area (Å²) in [6.45, 7) is -0.117. The van der Waals surface area contributed by atoms with Gasteiger partial charge >= 0.3 is 0 Å². The molecule has 0 spiro atoms. The molecule has 10 nitrogen and oxygen atoms in total. The van der Waals surface area contributed by atoms with E-state index in [1.807, 2.05) is 9.80 Å². The van der Waals surface area contributed by atoms with Gasteiger partial charge in [-0.2, -0.15) is 0 Å². The van der Waals surface area contributed by atoms with Crippen molar-refractivity contribution in [3.8, 4) is 0 Å². The zero-order chi connectivity index (χ0) is 25.8. The molecule has 0 aliphatic heterocycles. The van der Waals surface area contributed by atoms with Gasteiger partial charge in [-0.05, 0) is 69.6 Å². The second-order valence-electron chi connectivity index (χ2n) is 10.8. The monoisotopic (exact) mass is 506 g/mol. The van der Waals surface area contributed by atoms with Gasteiger partial charge in [-0.1, -0.05) is 0 Å². The van der Waals surface area contributed by atoms with E-state index in [1.54, 1.807) is 0 Å². The van der Waals surface area contributed by atoms with Gasteiger partial charge in [0.25, 0.3) is 0 Å². The highest BCUT2D eigenvalue weighted by Gasteiger charge is 2.32. The van der Waals surface area contributed by atoms with Crippen LogP contribution in [0.5, 0.6) is 0 Å². The van der Waals surface area contributed by atoms with Crippen molar-refractivity contribution in [2.24, 2.45) is 11.8 Å². The molecule has 0 saturated heterocycles. The van der Waals surface area contributed by atoms with Crippen LogP contribution in [0, 0.1) is 11.8 Å². The minimum atomic E-state index is -0.856. The average molecular weight is 507 g/mol. The first kappa shape index (κ1) is 30.8. The lowest BCUT2D eigenvalue weighted by Gasteiger charge is -2.41. The molecule has 4 unspecified atom stereocenters. The first-order valence-electron chi connectivity index (χ1n) is 13.4. The molecule has 0 heterocycles. The van der Waals surface area contributed by atoms with Crippen molar-refractivity contribution in [3.63, 3.8) is 0 Å². The number of aliphatic hydroxyl groups excluding tert-OH is 8. The Hall–Kier alpha value is -0.400. The van der Waals surface area contributed by atoms with E-state index < -0.39 is 24.4 Å². The third kappa shape index (κ3) is 10.9. The predicted octanol–water partition coefficient (Wildman–Crippen LogP) is -1.49. The van der Waals surface area contributed by atoms with E-state index in [4.69, 9.17) is 0 Å². The van der Waals surface area contributed by atoms with Crippen LogP contribution in [0.1, 0.15) is 57.8 Å². The van der Waals surface area contributed by atoms with Gasteiger partial charge in [0.05, 0.1) is 50.8 Å². The lowest BCUT2D eigenvalue weighted by atomic mass is 9.75. The number of hydrogen-bond acceptors (Lipinski definition) is 10. The molecule has 2 rings (SSSR count). The van der Waals surface area contributed by atoms with Crippen molar-refractivity contribution in [1.82, 2.24) is 9.80 Å². The fraction of sp³-hybridized carbons (Fsp3) is 1.00. The summed E-state index contributed by atoms with van der Waals surface area (Å²) >= 11 is 0. The van der Waals surface area contributed by atoms with Gasteiger partial charge in [0, 0.05) is 38.3 Å². The van der Waals surface area contributed by atoms with E-state index >= 15 is 0 Å². The van der Waals surface area contributed by atoms with Crippen LogP contribution >= 0.6 is 0 Å². The highest BCUT2D eigenvalue weighted by Crippen LogP contribution is 2.37. The Morgan fingerprint density at radius 1 is 0.457 bits per heavy atom. The van der Waals surface area contributed by atoms with Gasteiger partial charge in [-0.25, -0.2) is 0 Å². The molecule has 4 atom stereocenters. The summed E-state index contributed by atoms with van der Waals surface area (Å²) < 4.78 is 0. The van der Waals surface area contributed by atoms with Gasteiger partial charge in [0.15, 0.2) is 0 Å². The normalized spacial score (nSPS) is 29.3. The lowest BCUT2D eigenvalue weighted by Crippen LogP contribution is -2.48. The van der Waals surface area contributed by atoms with Crippen LogP contribution in [0.3, 0.4) is 0 Å². The molecule has 2 saturated carbocycles. The molecule has 0 aromatic rings. The van der Waals surface area contributed by atoms with E-state index in [9.17, 15) is 40.9 Å². The number of hydrogen-bond donors (Lipinski definition) is 8. The Balaban J connectivity index is 1.80. The Kier molecular flexibility index (Phi) is 14.5. The smallest absolute Gasteiger partial charge is 0.0897 e. The Morgan fingerprint density at radius 2 is 0.714 bits per heavy atom. The molecule has 8 N–H and O–H groups in total. The molecule has 0 aromatic heterocycles. The third-order valence-electron chi connectivity index (χ3n) is 7.96. The standard InChI is InChI=1S/C25H50N2O8/c28-14-22(32)10-26(11-23(33)15-29)20-5-1-18(2-6-20)9-19-3-7-21(8-4-19)27(12-24(34)16-30)13-25(35)17-31/h18-25,28-35H,1-17H2. The molecule has 0 radical (unpaired) electrons. The van der Waals surface area contributed by atoms with Crippen LogP contribution in [0.25, 0.3) is 0 Å². The summed E-state index contributed by atoms with van der Waals surface area (Å²) in [5, 5.41) is 76.5. The predicted molar refractivity (Wildman–Crippen MR) is 132 cm³/mol. The van der Waals surface area contributed by atoms with E-state index in [0.717, 1.165) is 51.4 Å². The van der Waals surface area contributed by atoms with Crippen LogP contribution in [0.2, 0.25) is 0 Å². The molecule has 35 heavy (non-hydrogen) atoms. The van der Waals surface area contributed by atoms with Gasteiger partial charge < -0.3 is 40.9 Å². The Morgan fingerprint density at radius 3 is 0.943 bits per heavy atom. The Labute approximate surface area is 209 Å². The molecule has 0 aromatic carbocycles. The van der Waals surface area contributed by atoms with Crippen molar-refractivity contribution >= 4 is 0 Å². The fourth-order valence-corrected chi connectivity index (χ4v) is 6.02. The SMILES string of the molecule is OCC(O)CN(CC(O)CO)C1CCC(CC2CCC(N(CC(O)CO)CC(O)CO)CC2)CC1. The zero-order valence-electron chi connectivity index (χ0n) is 21.1. The van der Waals surface area contributed by atoms with Gasteiger partial charge in [0.1, 0.15) is 0 Å². The van der Waals surface area contributed by atoms with E-state index in [1.165, 1.54) is 6.42 Å². The molecule has 208 valence electrons. The number of nitrogens with zero attached hydrogens (tertiary/aromatic N) is 2. The topological polar surface area (TPSA) is 168 Å². The minimum Gasteiger partial charge on any atom is -0.394 e.